The normalized spacial score (nSPS) is 11.5. The Morgan fingerprint density at radius 2 is 1.43 bits per heavy atom. The predicted octanol–water partition coefficient (Wildman–Crippen LogP) is 7.34. The third-order valence-corrected chi connectivity index (χ3v) is 6.90. The summed E-state index contributed by atoms with van der Waals surface area (Å²) in [7, 11) is 0. The quantitative estimate of drug-likeness (QED) is 0.272. The Kier molecular flexibility index (Phi) is 7.68. The van der Waals surface area contributed by atoms with Gasteiger partial charge in [-0.25, -0.2) is 0 Å². The molecule has 0 aliphatic carbocycles. The molecule has 0 saturated carbocycles. The van der Waals surface area contributed by atoms with Crippen molar-refractivity contribution in [2.45, 2.75) is 30.9 Å². The van der Waals surface area contributed by atoms with Crippen molar-refractivity contribution in [3.05, 3.63) is 125 Å². The zero-order valence-electron chi connectivity index (χ0n) is 20.0. The topological polar surface area (TPSA) is 58.2 Å². The summed E-state index contributed by atoms with van der Waals surface area (Å²) in [6.07, 6.45) is 0. The third kappa shape index (κ3) is 6.40. The van der Waals surface area contributed by atoms with Gasteiger partial charge in [-0.3, -0.25) is 9.59 Å². The summed E-state index contributed by atoms with van der Waals surface area (Å²) in [5, 5.41) is 5.62. The first-order valence-corrected chi connectivity index (χ1v) is 12.3. The van der Waals surface area contributed by atoms with Crippen LogP contribution in [-0.4, -0.2) is 11.8 Å². The summed E-state index contributed by atoms with van der Waals surface area (Å²) in [4.78, 5) is 27.0. The maximum atomic E-state index is 13.5. The lowest BCUT2D eigenvalue weighted by Crippen LogP contribution is -2.19. The fourth-order valence-electron chi connectivity index (χ4n) is 3.66. The molecular formula is C30H28N2O2S. The predicted molar refractivity (Wildman–Crippen MR) is 145 cm³/mol. The van der Waals surface area contributed by atoms with Crippen LogP contribution in [0.4, 0.5) is 11.4 Å². The first-order chi connectivity index (χ1) is 16.9. The summed E-state index contributed by atoms with van der Waals surface area (Å²) in [6.45, 7) is 5.98. The number of hydrogen-bond donors (Lipinski definition) is 2. The van der Waals surface area contributed by atoms with Crippen LogP contribution >= 0.6 is 11.8 Å². The Labute approximate surface area is 210 Å². The van der Waals surface area contributed by atoms with Gasteiger partial charge < -0.3 is 10.6 Å². The van der Waals surface area contributed by atoms with Crippen molar-refractivity contribution >= 4 is 35.0 Å². The zero-order chi connectivity index (χ0) is 24.8. The van der Waals surface area contributed by atoms with Gasteiger partial charge in [0.15, 0.2) is 0 Å². The number of rotatable bonds is 7. The van der Waals surface area contributed by atoms with Crippen molar-refractivity contribution < 1.29 is 9.59 Å². The molecule has 4 rings (SSSR count). The third-order valence-electron chi connectivity index (χ3n) is 5.65. The van der Waals surface area contributed by atoms with Gasteiger partial charge in [0.25, 0.3) is 5.91 Å². The summed E-state index contributed by atoms with van der Waals surface area (Å²) in [5.74, 6) is -0.261. The van der Waals surface area contributed by atoms with Gasteiger partial charge in [0, 0.05) is 21.8 Å². The molecular weight excluding hydrogens is 452 g/mol. The van der Waals surface area contributed by atoms with E-state index in [-0.39, 0.29) is 11.8 Å². The molecule has 1 atom stereocenters. The highest BCUT2D eigenvalue weighted by molar-refractivity contribution is 8.00. The van der Waals surface area contributed by atoms with E-state index in [2.05, 4.69) is 10.6 Å². The van der Waals surface area contributed by atoms with Gasteiger partial charge in [0.2, 0.25) is 5.91 Å². The highest BCUT2D eigenvalue weighted by atomic mass is 32.2. The average molecular weight is 481 g/mol. The molecule has 176 valence electrons. The second-order valence-corrected chi connectivity index (χ2v) is 9.74. The van der Waals surface area contributed by atoms with Crippen LogP contribution in [0.5, 0.6) is 0 Å². The molecule has 2 N–H and O–H groups in total. The summed E-state index contributed by atoms with van der Waals surface area (Å²) in [6, 6.07) is 30.8. The standard InChI is InChI=1S/C30H28N2O2S/c1-20-13-16-24(17-14-20)29(33)31-25-10-7-11-26(19-25)35-28(23-8-5-4-6-9-23)30(34)32-27-18-21(2)12-15-22(27)3/h4-19,28H,1-3H3,(H,31,33)(H,32,34). The fraction of sp³-hybridized carbons (Fsp3) is 0.133. The lowest BCUT2D eigenvalue weighted by Gasteiger charge is -2.19. The van der Waals surface area contributed by atoms with Gasteiger partial charge in [-0.2, -0.15) is 0 Å². The first kappa shape index (κ1) is 24.3. The van der Waals surface area contributed by atoms with Crippen LogP contribution < -0.4 is 10.6 Å². The van der Waals surface area contributed by atoms with Crippen LogP contribution in [0.1, 0.15) is 37.9 Å². The number of benzene rings is 4. The largest absolute Gasteiger partial charge is 0.325 e. The van der Waals surface area contributed by atoms with Crippen LogP contribution in [0.2, 0.25) is 0 Å². The van der Waals surface area contributed by atoms with E-state index in [4.69, 9.17) is 0 Å². The molecule has 0 aromatic heterocycles. The molecule has 1 unspecified atom stereocenters. The summed E-state index contributed by atoms with van der Waals surface area (Å²) >= 11 is 1.45. The highest BCUT2D eigenvalue weighted by Crippen LogP contribution is 2.37. The molecule has 4 nitrogen and oxygen atoms in total. The van der Waals surface area contributed by atoms with Gasteiger partial charge in [0.1, 0.15) is 5.25 Å². The number of carbonyl (C=O) groups excluding carboxylic acids is 2. The van der Waals surface area contributed by atoms with Crippen LogP contribution in [0.25, 0.3) is 0 Å². The number of anilines is 2. The van der Waals surface area contributed by atoms with E-state index in [1.54, 1.807) is 0 Å². The lowest BCUT2D eigenvalue weighted by molar-refractivity contribution is -0.115. The van der Waals surface area contributed by atoms with Gasteiger partial charge in [0.05, 0.1) is 0 Å². The maximum absolute atomic E-state index is 13.5. The molecule has 4 aromatic carbocycles. The van der Waals surface area contributed by atoms with Crippen molar-refractivity contribution in [2.24, 2.45) is 0 Å². The monoisotopic (exact) mass is 480 g/mol. The molecule has 2 amide bonds. The Hall–Kier alpha value is -3.83. The molecule has 0 fully saturated rings. The first-order valence-electron chi connectivity index (χ1n) is 11.5. The molecule has 0 aliphatic heterocycles. The second kappa shape index (κ2) is 11.1. The minimum atomic E-state index is -0.459. The van der Waals surface area contributed by atoms with Crippen LogP contribution in [-0.2, 0) is 4.79 Å². The van der Waals surface area contributed by atoms with Crippen molar-refractivity contribution in [1.82, 2.24) is 0 Å². The summed E-state index contributed by atoms with van der Waals surface area (Å²) < 4.78 is 0. The molecule has 5 heteroatoms. The summed E-state index contributed by atoms with van der Waals surface area (Å²) in [5.41, 5.74) is 6.22. The van der Waals surface area contributed by atoms with E-state index in [0.717, 1.165) is 32.8 Å². The number of thioether (sulfide) groups is 1. The van der Waals surface area contributed by atoms with Gasteiger partial charge in [-0.1, -0.05) is 66.2 Å². The second-order valence-electron chi connectivity index (χ2n) is 8.56. The molecule has 0 aliphatic rings. The van der Waals surface area contributed by atoms with Crippen molar-refractivity contribution in [2.75, 3.05) is 10.6 Å². The minimum Gasteiger partial charge on any atom is -0.325 e. The Balaban J connectivity index is 1.55. The Bertz CT molecular complexity index is 1330. The van der Waals surface area contributed by atoms with Crippen molar-refractivity contribution in [3.63, 3.8) is 0 Å². The van der Waals surface area contributed by atoms with Crippen LogP contribution in [0, 0.1) is 20.8 Å². The maximum Gasteiger partial charge on any atom is 0.255 e. The van der Waals surface area contributed by atoms with E-state index >= 15 is 0 Å². The molecule has 0 bridgehead atoms. The van der Waals surface area contributed by atoms with Gasteiger partial charge in [-0.05, 0) is 73.9 Å². The van der Waals surface area contributed by atoms with Crippen molar-refractivity contribution in [1.29, 1.82) is 0 Å². The average Bonchev–Trinajstić information content (AvgIpc) is 2.86. The number of aryl methyl sites for hydroxylation is 3. The van der Waals surface area contributed by atoms with Crippen molar-refractivity contribution in [3.8, 4) is 0 Å². The van der Waals surface area contributed by atoms with Gasteiger partial charge >= 0.3 is 0 Å². The molecule has 0 saturated heterocycles. The Morgan fingerprint density at radius 1 is 0.714 bits per heavy atom. The Morgan fingerprint density at radius 3 is 2.17 bits per heavy atom. The molecule has 0 radical (unpaired) electrons. The smallest absolute Gasteiger partial charge is 0.255 e. The highest BCUT2D eigenvalue weighted by Gasteiger charge is 2.23. The van der Waals surface area contributed by atoms with E-state index in [1.165, 1.54) is 11.8 Å². The molecule has 0 heterocycles. The minimum absolute atomic E-state index is 0.0935. The van der Waals surface area contributed by atoms with Crippen LogP contribution in [0.3, 0.4) is 0 Å². The lowest BCUT2D eigenvalue weighted by atomic mass is 10.1. The van der Waals surface area contributed by atoms with E-state index in [9.17, 15) is 9.59 Å². The fourth-order valence-corrected chi connectivity index (χ4v) is 4.74. The number of nitrogens with one attached hydrogen (secondary N) is 2. The zero-order valence-corrected chi connectivity index (χ0v) is 20.9. The molecule has 4 aromatic rings. The SMILES string of the molecule is Cc1ccc(C(=O)Nc2cccc(SC(C(=O)Nc3cc(C)ccc3C)c3ccccc3)c2)cc1. The number of hydrogen-bond acceptors (Lipinski definition) is 3. The number of carbonyl (C=O) groups is 2. The van der Waals surface area contributed by atoms with E-state index in [0.29, 0.717) is 11.3 Å². The van der Waals surface area contributed by atoms with E-state index in [1.807, 2.05) is 118 Å². The van der Waals surface area contributed by atoms with Crippen LogP contribution in [0.15, 0.2) is 102 Å². The number of amides is 2. The van der Waals surface area contributed by atoms with E-state index < -0.39 is 5.25 Å². The van der Waals surface area contributed by atoms with Gasteiger partial charge in [-0.15, -0.1) is 11.8 Å². The molecule has 0 spiro atoms. The molecule has 35 heavy (non-hydrogen) atoms.